The van der Waals surface area contributed by atoms with Crippen LogP contribution in [0.5, 0.6) is 5.75 Å². The number of ether oxygens (including phenoxy) is 1. The van der Waals surface area contributed by atoms with E-state index in [1.165, 1.54) is 0 Å². The minimum Gasteiger partial charge on any atom is -0.488 e. The van der Waals surface area contributed by atoms with Crippen molar-refractivity contribution in [2.75, 3.05) is 0 Å². The van der Waals surface area contributed by atoms with E-state index in [4.69, 9.17) is 10.00 Å². The first-order valence-corrected chi connectivity index (χ1v) is 8.18. The molecule has 0 aliphatic heterocycles. The summed E-state index contributed by atoms with van der Waals surface area (Å²) in [6, 6.07) is 28.9. The van der Waals surface area contributed by atoms with E-state index in [1.807, 2.05) is 60.7 Å². The Morgan fingerprint density at radius 2 is 1.65 bits per heavy atom. The number of nitriles is 2. The Balaban J connectivity index is 1.89. The molecule has 0 amide bonds. The highest BCUT2D eigenvalue weighted by molar-refractivity contribution is 5.90. The van der Waals surface area contributed by atoms with Crippen molar-refractivity contribution >= 4 is 11.6 Å². The van der Waals surface area contributed by atoms with Gasteiger partial charge in [-0.25, -0.2) is 0 Å². The molecule has 0 fully saturated rings. The van der Waals surface area contributed by atoms with Gasteiger partial charge in [0.05, 0.1) is 23.3 Å². The summed E-state index contributed by atoms with van der Waals surface area (Å²) in [4.78, 5) is 0. The highest BCUT2D eigenvalue weighted by atomic mass is 16.5. The third kappa shape index (κ3) is 4.17. The molecular weight excluding hydrogens is 320 g/mol. The lowest BCUT2D eigenvalue weighted by molar-refractivity contribution is 0.305. The molecule has 0 N–H and O–H groups in total. The first kappa shape index (κ1) is 17.0. The van der Waals surface area contributed by atoms with Crippen LogP contribution in [-0.4, -0.2) is 0 Å². The van der Waals surface area contributed by atoms with Gasteiger partial charge in [0.2, 0.25) is 0 Å². The Morgan fingerprint density at radius 3 is 2.42 bits per heavy atom. The van der Waals surface area contributed by atoms with Crippen molar-refractivity contribution in [1.29, 1.82) is 10.5 Å². The van der Waals surface area contributed by atoms with Crippen molar-refractivity contribution in [3.05, 3.63) is 101 Å². The van der Waals surface area contributed by atoms with Crippen LogP contribution >= 0.6 is 0 Å². The zero-order valence-electron chi connectivity index (χ0n) is 14.1. The van der Waals surface area contributed by atoms with Crippen LogP contribution < -0.4 is 4.74 Å². The van der Waals surface area contributed by atoms with E-state index < -0.39 is 0 Å². The smallest absolute Gasteiger partial charge is 0.127 e. The third-order valence-corrected chi connectivity index (χ3v) is 3.88. The van der Waals surface area contributed by atoms with Gasteiger partial charge in [0.1, 0.15) is 12.4 Å². The van der Waals surface area contributed by atoms with Crippen LogP contribution in [0, 0.1) is 22.7 Å². The number of nitrogens with zero attached hydrogens (tertiary/aromatic N) is 2. The molecule has 3 aromatic rings. The van der Waals surface area contributed by atoms with Gasteiger partial charge in [0, 0.05) is 5.56 Å². The first-order valence-electron chi connectivity index (χ1n) is 8.18. The quantitative estimate of drug-likeness (QED) is 0.475. The number of hydrogen-bond donors (Lipinski definition) is 0. The summed E-state index contributed by atoms with van der Waals surface area (Å²) >= 11 is 0. The summed E-state index contributed by atoms with van der Waals surface area (Å²) < 4.78 is 5.94. The summed E-state index contributed by atoms with van der Waals surface area (Å²) in [5, 5.41) is 18.6. The fourth-order valence-electron chi connectivity index (χ4n) is 2.56. The molecule has 0 aliphatic carbocycles. The fraction of sp³-hybridized carbons (Fsp3) is 0.0435. The summed E-state index contributed by atoms with van der Waals surface area (Å²) in [6.45, 7) is 0.456. The van der Waals surface area contributed by atoms with Crippen molar-refractivity contribution in [2.24, 2.45) is 0 Å². The van der Waals surface area contributed by atoms with Crippen molar-refractivity contribution < 1.29 is 4.74 Å². The van der Waals surface area contributed by atoms with Crippen LogP contribution in [0.1, 0.15) is 22.3 Å². The van der Waals surface area contributed by atoms with Crippen molar-refractivity contribution in [3.8, 4) is 17.9 Å². The molecule has 0 saturated heterocycles. The Bertz CT molecular complexity index is 1010. The van der Waals surface area contributed by atoms with Crippen molar-refractivity contribution in [3.63, 3.8) is 0 Å². The minimum atomic E-state index is 0.456. The lowest BCUT2D eigenvalue weighted by atomic mass is 10.0. The maximum atomic E-state index is 9.56. The van der Waals surface area contributed by atoms with Crippen molar-refractivity contribution in [1.82, 2.24) is 0 Å². The van der Waals surface area contributed by atoms with Crippen LogP contribution in [0.2, 0.25) is 0 Å². The van der Waals surface area contributed by atoms with Crippen LogP contribution in [0.4, 0.5) is 0 Å². The molecule has 26 heavy (non-hydrogen) atoms. The largest absolute Gasteiger partial charge is 0.488 e. The molecule has 0 heterocycles. The number of para-hydroxylation sites is 1. The molecule has 0 aliphatic rings. The molecule has 0 bridgehead atoms. The predicted octanol–water partition coefficient (Wildman–Crippen LogP) is 5.20. The zero-order chi connectivity index (χ0) is 18.2. The molecule has 3 nitrogen and oxygen atoms in total. The molecule has 3 heteroatoms. The van der Waals surface area contributed by atoms with E-state index in [0.29, 0.717) is 29.1 Å². The minimum absolute atomic E-state index is 0.456. The van der Waals surface area contributed by atoms with E-state index in [9.17, 15) is 5.26 Å². The molecule has 3 rings (SSSR count). The Kier molecular flexibility index (Phi) is 5.45. The maximum Gasteiger partial charge on any atom is 0.127 e. The van der Waals surface area contributed by atoms with Gasteiger partial charge in [-0.15, -0.1) is 0 Å². The normalized spacial score (nSPS) is 10.6. The fourth-order valence-corrected chi connectivity index (χ4v) is 2.56. The first-order chi connectivity index (χ1) is 12.8. The summed E-state index contributed by atoms with van der Waals surface area (Å²) in [6.07, 6.45) is 1.79. The maximum absolute atomic E-state index is 9.56. The number of hydrogen-bond acceptors (Lipinski definition) is 3. The second kappa shape index (κ2) is 8.33. The average molecular weight is 336 g/mol. The molecule has 0 saturated carbocycles. The predicted molar refractivity (Wildman–Crippen MR) is 102 cm³/mol. The highest BCUT2D eigenvalue weighted by Gasteiger charge is 2.06. The Morgan fingerprint density at radius 1 is 0.885 bits per heavy atom. The summed E-state index contributed by atoms with van der Waals surface area (Å²) in [5.41, 5.74) is 3.62. The van der Waals surface area contributed by atoms with Crippen LogP contribution in [0.15, 0.2) is 78.9 Å². The summed E-state index contributed by atoms with van der Waals surface area (Å²) in [5.74, 6) is 0.709. The molecule has 0 radical (unpaired) electrons. The second-order valence-electron chi connectivity index (χ2n) is 5.67. The third-order valence-electron chi connectivity index (χ3n) is 3.88. The van der Waals surface area contributed by atoms with E-state index in [1.54, 1.807) is 24.3 Å². The van der Waals surface area contributed by atoms with Gasteiger partial charge in [0.25, 0.3) is 0 Å². The second-order valence-corrected chi connectivity index (χ2v) is 5.67. The molecule has 0 aromatic heterocycles. The number of rotatable bonds is 5. The van der Waals surface area contributed by atoms with Crippen LogP contribution in [-0.2, 0) is 6.61 Å². The van der Waals surface area contributed by atoms with E-state index in [0.717, 1.165) is 11.1 Å². The van der Waals surface area contributed by atoms with Gasteiger partial charge in [-0.3, -0.25) is 0 Å². The lowest BCUT2D eigenvalue weighted by Gasteiger charge is -2.10. The van der Waals surface area contributed by atoms with Crippen LogP contribution in [0.25, 0.3) is 11.6 Å². The highest BCUT2D eigenvalue weighted by Crippen LogP contribution is 2.25. The monoisotopic (exact) mass is 336 g/mol. The number of benzene rings is 3. The Labute approximate surface area is 153 Å². The molecule has 0 spiro atoms. The molecule has 124 valence electrons. The standard InChI is InChI=1S/C23H16N2O/c24-15-19-9-6-11-20(13-19)22(16-25)14-21-10-4-5-12-23(21)26-17-18-7-2-1-3-8-18/h1-14H,17H2/b22-14-. The van der Waals surface area contributed by atoms with Gasteiger partial charge in [-0.05, 0) is 35.4 Å². The SMILES string of the molecule is N#C/C(=C/c1ccccc1OCc1ccccc1)c1cccc(C#N)c1. The Hall–Kier alpha value is -3.82. The van der Waals surface area contributed by atoms with E-state index in [2.05, 4.69) is 12.1 Å². The molecule has 0 unspecified atom stereocenters. The zero-order valence-corrected chi connectivity index (χ0v) is 14.1. The number of allylic oxidation sites excluding steroid dienone is 1. The van der Waals surface area contributed by atoms with E-state index in [-0.39, 0.29) is 0 Å². The van der Waals surface area contributed by atoms with Gasteiger partial charge in [0.15, 0.2) is 0 Å². The van der Waals surface area contributed by atoms with Crippen LogP contribution in [0.3, 0.4) is 0 Å². The topological polar surface area (TPSA) is 56.8 Å². The molecular formula is C23H16N2O. The summed E-state index contributed by atoms with van der Waals surface area (Å²) in [7, 11) is 0. The molecule has 0 atom stereocenters. The van der Waals surface area contributed by atoms with Gasteiger partial charge >= 0.3 is 0 Å². The van der Waals surface area contributed by atoms with Gasteiger partial charge in [-0.2, -0.15) is 10.5 Å². The molecule has 3 aromatic carbocycles. The average Bonchev–Trinajstić information content (AvgIpc) is 2.72. The van der Waals surface area contributed by atoms with E-state index >= 15 is 0 Å². The lowest BCUT2D eigenvalue weighted by Crippen LogP contribution is -1.96. The van der Waals surface area contributed by atoms with Gasteiger partial charge in [-0.1, -0.05) is 60.7 Å². The van der Waals surface area contributed by atoms with Crippen molar-refractivity contribution in [2.45, 2.75) is 6.61 Å². The van der Waals surface area contributed by atoms with Gasteiger partial charge < -0.3 is 4.74 Å².